The number of benzene rings is 2. The number of carboxylic acids is 1. The van der Waals surface area contributed by atoms with Crippen molar-refractivity contribution in [1.82, 2.24) is 5.32 Å². The quantitative estimate of drug-likeness (QED) is 0.556. The van der Waals surface area contributed by atoms with E-state index in [0.29, 0.717) is 18.0 Å². The van der Waals surface area contributed by atoms with Crippen LogP contribution in [-0.2, 0) is 4.79 Å². The summed E-state index contributed by atoms with van der Waals surface area (Å²) >= 11 is 5.51. The Hall–Kier alpha value is -2.14. The molecule has 0 spiro atoms. The summed E-state index contributed by atoms with van der Waals surface area (Å²) in [6, 6.07) is 12.0. The van der Waals surface area contributed by atoms with E-state index in [1.54, 1.807) is 0 Å². The fourth-order valence-electron chi connectivity index (χ4n) is 2.52. The fraction of sp³-hybridized carbons (Fsp3) is 0.368. The molecule has 4 nitrogen and oxygen atoms in total. The maximum Gasteiger partial charge on any atom is 0.303 e. The zero-order valence-corrected chi connectivity index (χ0v) is 14.9. The molecule has 0 atom stereocenters. The number of aliphatic carboxylic acids is 1. The van der Waals surface area contributed by atoms with Crippen molar-refractivity contribution in [2.45, 2.75) is 39.2 Å². The van der Waals surface area contributed by atoms with Gasteiger partial charge in [0.25, 0.3) is 0 Å². The molecular weight excluding hydrogens is 322 g/mol. The summed E-state index contributed by atoms with van der Waals surface area (Å²) in [5.74, 6) is 0.0953. The minimum absolute atomic E-state index is 0.110. The van der Waals surface area contributed by atoms with E-state index in [9.17, 15) is 4.79 Å². The average molecular weight is 345 g/mol. The smallest absolute Gasteiger partial charge is 0.303 e. The average Bonchev–Trinajstić information content (AvgIpc) is 2.54. The number of thiocarbonyl (C=S) groups is 1. The molecule has 0 aliphatic heterocycles. The second-order valence-corrected chi connectivity index (χ2v) is 6.34. The molecular formula is C19H23NO3S. The Morgan fingerprint density at radius 3 is 2.54 bits per heavy atom. The van der Waals surface area contributed by atoms with Crippen LogP contribution in [0.3, 0.4) is 0 Å². The van der Waals surface area contributed by atoms with Crippen molar-refractivity contribution in [1.29, 1.82) is 0 Å². The Morgan fingerprint density at radius 2 is 1.88 bits per heavy atom. The van der Waals surface area contributed by atoms with Crippen LogP contribution in [0.1, 0.15) is 38.7 Å². The van der Waals surface area contributed by atoms with Crippen LogP contribution in [0.2, 0.25) is 0 Å². The number of hydrogen-bond donors (Lipinski definition) is 2. The Labute approximate surface area is 147 Å². The Morgan fingerprint density at radius 1 is 1.17 bits per heavy atom. The molecule has 0 saturated heterocycles. The number of carbonyl (C=O) groups is 1. The van der Waals surface area contributed by atoms with Crippen molar-refractivity contribution in [2.75, 3.05) is 6.54 Å². The highest BCUT2D eigenvalue weighted by molar-refractivity contribution is 7.80. The third kappa shape index (κ3) is 4.93. The summed E-state index contributed by atoms with van der Waals surface area (Å²) in [6.07, 6.45) is 1.73. The molecule has 0 aliphatic rings. The van der Waals surface area contributed by atoms with Gasteiger partial charge in [0.2, 0.25) is 0 Å². The van der Waals surface area contributed by atoms with Gasteiger partial charge in [0.15, 0.2) is 0 Å². The first-order chi connectivity index (χ1) is 11.5. The van der Waals surface area contributed by atoms with Crippen molar-refractivity contribution in [3.05, 3.63) is 42.0 Å². The lowest BCUT2D eigenvalue weighted by Crippen LogP contribution is -2.23. The summed E-state index contributed by atoms with van der Waals surface area (Å²) in [6.45, 7) is 4.68. The van der Waals surface area contributed by atoms with Gasteiger partial charge >= 0.3 is 5.97 Å². The lowest BCUT2D eigenvalue weighted by molar-refractivity contribution is -0.137. The van der Waals surface area contributed by atoms with Crippen LogP contribution in [0.15, 0.2) is 36.4 Å². The highest BCUT2D eigenvalue weighted by Gasteiger charge is 2.11. The SMILES string of the molecule is CC(C)Oc1ccc(C(=S)NCCCCC(=O)O)c2ccccc12. The van der Waals surface area contributed by atoms with E-state index < -0.39 is 5.97 Å². The van der Waals surface area contributed by atoms with Crippen LogP contribution in [0, 0.1) is 0 Å². The van der Waals surface area contributed by atoms with Crippen LogP contribution in [0.25, 0.3) is 10.8 Å². The predicted molar refractivity (Wildman–Crippen MR) is 101 cm³/mol. The highest BCUT2D eigenvalue weighted by atomic mass is 32.1. The number of fused-ring (bicyclic) bond motifs is 1. The minimum Gasteiger partial charge on any atom is -0.490 e. The minimum atomic E-state index is -0.760. The zero-order valence-electron chi connectivity index (χ0n) is 14.0. The first-order valence-corrected chi connectivity index (χ1v) is 8.58. The maximum atomic E-state index is 10.5. The van der Waals surface area contributed by atoms with Gasteiger partial charge in [-0.2, -0.15) is 0 Å². The monoisotopic (exact) mass is 345 g/mol. The first kappa shape index (κ1) is 18.2. The molecule has 0 amide bonds. The highest BCUT2D eigenvalue weighted by Crippen LogP contribution is 2.29. The summed E-state index contributed by atoms with van der Waals surface area (Å²) in [7, 11) is 0. The summed E-state index contributed by atoms with van der Waals surface area (Å²) in [4.78, 5) is 11.2. The van der Waals surface area contributed by atoms with Gasteiger partial charge in [0, 0.05) is 23.9 Å². The van der Waals surface area contributed by atoms with Crippen LogP contribution in [0.5, 0.6) is 5.75 Å². The summed E-state index contributed by atoms with van der Waals surface area (Å²) in [5.41, 5.74) is 0.968. The zero-order chi connectivity index (χ0) is 17.5. The Bertz CT molecular complexity index is 728. The van der Waals surface area contributed by atoms with Crippen LogP contribution in [0.4, 0.5) is 0 Å². The fourth-order valence-corrected chi connectivity index (χ4v) is 2.80. The summed E-state index contributed by atoms with van der Waals surface area (Å²) in [5, 5.41) is 14.0. The second kappa shape index (κ2) is 8.64. The second-order valence-electron chi connectivity index (χ2n) is 5.93. The standard InChI is InChI=1S/C19H23NO3S/c1-13(2)23-17-11-10-16(14-7-3-4-8-15(14)17)19(24)20-12-6-5-9-18(21)22/h3-4,7-8,10-11,13H,5-6,9,12H2,1-2H3,(H,20,24)(H,21,22). The van der Waals surface area contributed by atoms with Crippen molar-refractivity contribution in [3.8, 4) is 5.75 Å². The third-order valence-electron chi connectivity index (χ3n) is 3.59. The number of rotatable bonds is 8. The third-order valence-corrected chi connectivity index (χ3v) is 3.96. The largest absolute Gasteiger partial charge is 0.490 e. The molecule has 0 bridgehead atoms. The van der Waals surface area contributed by atoms with E-state index >= 15 is 0 Å². The van der Waals surface area contributed by atoms with E-state index in [1.807, 2.05) is 50.2 Å². The van der Waals surface area contributed by atoms with E-state index in [4.69, 9.17) is 22.1 Å². The molecule has 0 saturated carbocycles. The van der Waals surface area contributed by atoms with Crippen LogP contribution >= 0.6 is 12.2 Å². The van der Waals surface area contributed by atoms with Gasteiger partial charge in [-0.05, 0) is 44.2 Å². The number of ether oxygens (including phenoxy) is 1. The number of carboxylic acid groups (broad SMARTS) is 1. The molecule has 0 aliphatic carbocycles. The lowest BCUT2D eigenvalue weighted by Gasteiger charge is -2.16. The molecule has 2 aromatic rings. The van der Waals surface area contributed by atoms with Gasteiger partial charge in [-0.3, -0.25) is 4.79 Å². The van der Waals surface area contributed by atoms with Gasteiger partial charge in [0.05, 0.1) is 6.10 Å². The molecule has 24 heavy (non-hydrogen) atoms. The predicted octanol–water partition coefficient (Wildman–Crippen LogP) is 4.15. The van der Waals surface area contributed by atoms with Gasteiger partial charge < -0.3 is 15.2 Å². The van der Waals surface area contributed by atoms with Crippen molar-refractivity contribution in [3.63, 3.8) is 0 Å². The van der Waals surface area contributed by atoms with E-state index in [1.165, 1.54) is 0 Å². The molecule has 2 N–H and O–H groups in total. The van der Waals surface area contributed by atoms with Crippen LogP contribution in [-0.4, -0.2) is 28.7 Å². The van der Waals surface area contributed by atoms with E-state index in [0.717, 1.165) is 28.5 Å². The molecule has 128 valence electrons. The number of nitrogens with one attached hydrogen (secondary N) is 1. The van der Waals surface area contributed by atoms with Gasteiger partial charge in [-0.1, -0.05) is 36.5 Å². The number of hydrogen-bond acceptors (Lipinski definition) is 3. The molecule has 0 heterocycles. The van der Waals surface area contributed by atoms with Crippen molar-refractivity contribution < 1.29 is 14.6 Å². The lowest BCUT2D eigenvalue weighted by atomic mass is 10.0. The first-order valence-electron chi connectivity index (χ1n) is 8.17. The molecule has 0 unspecified atom stereocenters. The van der Waals surface area contributed by atoms with E-state index in [-0.39, 0.29) is 12.5 Å². The molecule has 0 fully saturated rings. The van der Waals surface area contributed by atoms with Gasteiger partial charge in [-0.25, -0.2) is 0 Å². The Kier molecular flexibility index (Phi) is 6.55. The molecule has 5 heteroatoms. The Balaban J connectivity index is 2.11. The number of unbranched alkanes of at least 4 members (excludes halogenated alkanes) is 1. The van der Waals surface area contributed by atoms with Crippen molar-refractivity contribution >= 4 is 33.9 Å². The topological polar surface area (TPSA) is 58.6 Å². The van der Waals surface area contributed by atoms with E-state index in [2.05, 4.69) is 5.32 Å². The molecule has 0 aromatic heterocycles. The summed E-state index contributed by atoms with van der Waals surface area (Å²) < 4.78 is 5.88. The molecule has 0 radical (unpaired) electrons. The molecule has 2 aromatic carbocycles. The van der Waals surface area contributed by atoms with Gasteiger partial charge in [-0.15, -0.1) is 0 Å². The van der Waals surface area contributed by atoms with Crippen molar-refractivity contribution in [2.24, 2.45) is 0 Å². The normalized spacial score (nSPS) is 10.8. The maximum absolute atomic E-state index is 10.5. The molecule has 2 rings (SSSR count). The van der Waals surface area contributed by atoms with Crippen LogP contribution < -0.4 is 10.1 Å². The van der Waals surface area contributed by atoms with Gasteiger partial charge in [0.1, 0.15) is 10.7 Å².